The molecular weight excluding hydrogens is 288 g/mol. The Labute approximate surface area is 136 Å². The van der Waals surface area contributed by atoms with Gasteiger partial charge in [0.2, 0.25) is 0 Å². The van der Waals surface area contributed by atoms with Gasteiger partial charge in [0.1, 0.15) is 5.75 Å². The van der Waals surface area contributed by atoms with Crippen molar-refractivity contribution in [2.24, 2.45) is 0 Å². The summed E-state index contributed by atoms with van der Waals surface area (Å²) in [5.74, 6) is 2.41. The van der Waals surface area contributed by atoms with Crippen LogP contribution in [0.25, 0.3) is 17.1 Å². The van der Waals surface area contributed by atoms with Gasteiger partial charge in [0.05, 0.1) is 19.0 Å². The van der Waals surface area contributed by atoms with Crippen molar-refractivity contribution in [3.05, 3.63) is 54.6 Å². The van der Waals surface area contributed by atoms with E-state index in [1.807, 2.05) is 41.1 Å². The average molecular weight is 308 g/mol. The molecule has 1 aromatic carbocycles. The number of methoxy groups -OCH3 is 1. The van der Waals surface area contributed by atoms with Gasteiger partial charge in [-0.05, 0) is 36.4 Å². The molecule has 0 aliphatic rings. The molecule has 0 bridgehead atoms. The maximum Gasteiger partial charge on any atom is 0.163 e. The van der Waals surface area contributed by atoms with Crippen molar-refractivity contribution in [3.8, 4) is 22.8 Å². The average Bonchev–Trinajstić information content (AvgIpc) is 3.01. The Hall–Kier alpha value is -2.69. The molecule has 2 heterocycles. The summed E-state index contributed by atoms with van der Waals surface area (Å²) in [4.78, 5) is 8.95. The zero-order valence-corrected chi connectivity index (χ0v) is 13.8. The lowest BCUT2D eigenvalue weighted by molar-refractivity contribution is 0.415. The van der Waals surface area contributed by atoms with E-state index in [9.17, 15) is 0 Å². The molecule has 2 aromatic heterocycles. The van der Waals surface area contributed by atoms with Gasteiger partial charge in [0.15, 0.2) is 11.6 Å². The van der Waals surface area contributed by atoms with Gasteiger partial charge in [-0.3, -0.25) is 4.98 Å². The topological polar surface area (TPSA) is 52.8 Å². The van der Waals surface area contributed by atoms with Crippen LogP contribution in [0.1, 0.15) is 26.6 Å². The predicted octanol–water partition coefficient (Wildman–Crippen LogP) is 3.64. The molecule has 0 radical (unpaired) electrons. The zero-order chi connectivity index (χ0) is 16.4. The Morgan fingerprint density at radius 3 is 2.35 bits per heavy atom. The van der Waals surface area contributed by atoms with Crippen molar-refractivity contribution in [2.75, 3.05) is 7.11 Å². The van der Waals surface area contributed by atoms with Crippen LogP contribution in [0.5, 0.6) is 5.75 Å². The standard InChI is InChI=1S/C18H20N4O/c1-18(2,3)17-20-16(13-7-9-15(23-4)10-8-13)22(21-17)14-6-5-11-19-12-14/h5-12H,1-4H3. The molecule has 0 spiro atoms. The lowest BCUT2D eigenvalue weighted by atomic mass is 9.96. The van der Waals surface area contributed by atoms with Crippen molar-refractivity contribution in [2.45, 2.75) is 26.2 Å². The number of benzene rings is 1. The van der Waals surface area contributed by atoms with E-state index >= 15 is 0 Å². The monoisotopic (exact) mass is 308 g/mol. The fourth-order valence-electron chi connectivity index (χ4n) is 2.22. The van der Waals surface area contributed by atoms with Gasteiger partial charge in [0.25, 0.3) is 0 Å². The Kier molecular flexibility index (Phi) is 3.86. The third-order valence-electron chi connectivity index (χ3n) is 3.52. The van der Waals surface area contributed by atoms with Crippen LogP contribution >= 0.6 is 0 Å². The fraction of sp³-hybridized carbons (Fsp3) is 0.278. The Morgan fingerprint density at radius 2 is 1.78 bits per heavy atom. The first-order chi connectivity index (χ1) is 11.0. The molecule has 0 saturated carbocycles. The lowest BCUT2D eigenvalue weighted by Gasteiger charge is -2.12. The van der Waals surface area contributed by atoms with Gasteiger partial charge >= 0.3 is 0 Å². The first kappa shape index (κ1) is 15.2. The molecule has 0 N–H and O–H groups in total. The number of hydrogen-bond donors (Lipinski definition) is 0. The first-order valence-corrected chi connectivity index (χ1v) is 7.51. The van der Waals surface area contributed by atoms with Crippen molar-refractivity contribution in [3.63, 3.8) is 0 Å². The highest BCUT2D eigenvalue weighted by Gasteiger charge is 2.23. The van der Waals surface area contributed by atoms with Gasteiger partial charge in [-0.15, -0.1) is 0 Å². The zero-order valence-electron chi connectivity index (χ0n) is 13.8. The minimum absolute atomic E-state index is 0.130. The molecule has 118 valence electrons. The molecule has 5 nitrogen and oxygen atoms in total. The summed E-state index contributed by atoms with van der Waals surface area (Å²) in [6.45, 7) is 6.31. The van der Waals surface area contributed by atoms with Crippen molar-refractivity contribution in [1.82, 2.24) is 19.7 Å². The van der Waals surface area contributed by atoms with E-state index in [1.54, 1.807) is 19.5 Å². The van der Waals surface area contributed by atoms with Gasteiger partial charge in [-0.25, -0.2) is 9.67 Å². The van der Waals surface area contributed by atoms with E-state index in [2.05, 4.69) is 25.8 Å². The van der Waals surface area contributed by atoms with Crippen LogP contribution in [0, 0.1) is 0 Å². The summed E-state index contributed by atoms with van der Waals surface area (Å²) in [5.41, 5.74) is 1.74. The van der Waals surface area contributed by atoms with Crippen LogP contribution in [0.3, 0.4) is 0 Å². The highest BCUT2D eigenvalue weighted by molar-refractivity contribution is 5.59. The van der Waals surface area contributed by atoms with Crippen LogP contribution in [0.4, 0.5) is 0 Å². The predicted molar refractivity (Wildman–Crippen MR) is 89.8 cm³/mol. The van der Waals surface area contributed by atoms with Gasteiger partial charge in [0, 0.05) is 17.2 Å². The van der Waals surface area contributed by atoms with Crippen LogP contribution < -0.4 is 4.74 Å². The Balaban J connectivity index is 2.15. The molecule has 3 aromatic rings. The molecule has 5 heteroatoms. The number of nitrogens with zero attached hydrogens (tertiary/aromatic N) is 4. The molecule has 0 amide bonds. The highest BCUT2D eigenvalue weighted by Crippen LogP contribution is 2.27. The maximum atomic E-state index is 5.23. The summed E-state index contributed by atoms with van der Waals surface area (Å²) in [6, 6.07) is 11.7. The minimum Gasteiger partial charge on any atom is -0.497 e. The molecule has 0 saturated heterocycles. The second-order valence-electron chi connectivity index (χ2n) is 6.36. The SMILES string of the molecule is COc1ccc(-c2nc(C(C)(C)C)nn2-c2cccnc2)cc1. The Morgan fingerprint density at radius 1 is 1.04 bits per heavy atom. The Bertz CT molecular complexity index is 786. The largest absolute Gasteiger partial charge is 0.497 e. The third kappa shape index (κ3) is 3.08. The van der Waals surface area contributed by atoms with E-state index in [0.717, 1.165) is 28.6 Å². The minimum atomic E-state index is -0.130. The summed E-state index contributed by atoms with van der Waals surface area (Å²) in [7, 11) is 1.66. The molecule has 0 aliphatic heterocycles. The van der Waals surface area contributed by atoms with E-state index in [0.29, 0.717) is 0 Å². The van der Waals surface area contributed by atoms with Crippen molar-refractivity contribution < 1.29 is 4.74 Å². The molecule has 0 fully saturated rings. The van der Waals surface area contributed by atoms with Crippen LogP contribution in [0.2, 0.25) is 0 Å². The van der Waals surface area contributed by atoms with Crippen molar-refractivity contribution in [1.29, 1.82) is 0 Å². The van der Waals surface area contributed by atoms with E-state index in [-0.39, 0.29) is 5.41 Å². The summed E-state index contributed by atoms with van der Waals surface area (Å²) in [5, 5.41) is 4.70. The van der Waals surface area contributed by atoms with Gasteiger partial charge < -0.3 is 4.74 Å². The van der Waals surface area contributed by atoms with E-state index in [4.69, 9.17) is 14.8 Å². The maximum absolute atomic E-state index is 5.23. The number of aromatic nitrogens is 4. The molecule has 0 atom stereocenters. The fourth-order valence-corrected chi connectivity index (χ4v) is 2.22. The number of pyridine rings is 1. The summed E-state index contributed by atoms with van der Waals surface area (Å²) in [6.07, 6.45) is 3.53. The second-order valence-corrected chi connectivity index (χ2v) is 6.36. The quantitative estimate of drug-likeness (QED) is 0.741. The second kappa shape index (κ2) is 5.83. The normalized spacial score (nSPS) is 11.5. The third-order valence-corrected chi connectivity index (χ3v) is 3.52. The number of ether oxygens (including phenoxy) is 1. The summed E-state index contributed by atoms with van der Waals surface area (Å²) < 4.78 is 7.07. The summed E-state index contributed by atoms with van der Waals surface area (Å²) >= 11 is 0. The molecule has 3 rings (SSSR count). The van der Waals surface area contributed by atoms with E-state index in [1.165, 1.54) is 0 Å². The molecular formula is C18H20N4O. The van der Waals surface area contributed by atoms with Crippen LogP contribution in [-0.2, 0) is 5.41 Å². The van der Waals surface area contributed by atoms with Crippen LogP contribution in [-0.4, -0.2) is 26.9 Å². The van der Waals surface area contributed by atoms with Gasteiger partial charge in [-0.2, -0.15) is 5.10 Å². The molecule has 23 heavy (non-hydrogen) atoms. The number of rotatable bonds is 3. The van der Waals surface area contributed by atoms with Crippen molar-refractivity contribution >= 4 is 0 Å². The first-order valence-electron chi connectivity index (χ1n) is 7.51. The molecule has 0 unspecified atom stereocenters. The lowest BCUT2D eigenvalue weighted by Crippen LogP contribution is -2.14. The smallest absolute Gasteiger partial charge is 0.163 e. The van der Waals surface area contributed by atoms with Crippen LogP contribution in [0.15, 0.2) is 48.8 Å². The van der Waals surface area contributed by atoms with Gasteiger partial charge in [-0.1, -0.05) is 20.8 Å². The highest BCUT2D eigenvalue weighted by atomic mass is 16.5. The van der Waals surface area contributed by atoms with E-state index < -0.39 is 0 Å². The molecule has 0 aliphatic carbocycles. The number of hydrogen-bond acceptors (Lipinski definition) is 4.